The van der Waals surface area contributed by atoms with Crippen LogP contribution < -0.4 is 13.6 Å². The molecule has 27 heavy (non-hydrogen) atoms. The number of rotatable bonds is 6. The van der Waals surface area contributed by atoms with Gasteiger partial charge in [-0.3, -0.25) is 0 Å². The van der Waals surface area contributed by atoms with Gasteiger partial charge >= 0.3 is 0 Å². The Morgan fingerprint density at radius 3 is 0.926 bits per heavy atom. The first-order valence-electron chi connectivity index (χ1n) is 8.30. The zero-order chi connectivity index (χ0) is 18.3. The van der Waals surface area contributed by atoms with Gasteiger partial charge in [-0.1, -0.05) is 54.6 Å². The summed E-state index contributed by atoms with van der Waals surface area (Å²) in [5.74, 6) is 2.22. The summed E-state index contributed by atoms with van der Waals surface area (Å²) < 4.78 is 31.9. The molecule has 0 aromatic heterocycles. The summed E-state index contributed by atoms with van der Waals surface area (Å²) in [7, 11) is -5.51. The van der Waals surface area contributed by atoms with Crippen LogP contribution in [-0.2, 0) is 0 Å². The van der Waals surface area contributed by atoms with E-state index in [4.69, 9.17) is 13.6 Å². The molecule has 0 aliphatic carbocycles. The van der Waals surface area contributed by atoms with Gasteiger partial charge in [0.05, 0.1) is 0 Å². The highest BCUT2D eigenvalue weighted by atomic mass is 31.2. The second kappa shape index (κ2) is 9.10. The fraction of sp³-hybridized carbons (Fsp3) is 0. The molecule has 4 rings (SSSR count). The van der Waals surface area contributed by atoms with Crippen molar-refractivity contribution in [1.29, 1.82) is 0 Å². The van der Waals surface area contributed by atoms with Crippen LogP contribution in [0.5, 0.6) is 17.2 Å². The van der Waals surface area contributed by atoms with E-state index in [1.165, 1.54) is 0 Å². The Hall–Kier alpha value is -2.25. The molecule has 1 aliphatic heterocycles. The molecule has 0 saturated heterocycles. The molecule has 0 unspecified atom stereocenters. The Labute approximate surface area is 160 Å². The molecule has 3 aromatic rings. The number of benzene rings is 3. The van der Waals surface area contributed by atoms with Crippen LogP contribution in [0.4, 0.5) is 0 Å². The van der Waals surface area contributed by atoms with Crippen molar-refractivity contribution in [1.82, 2.24) is 0 Å². The van der Waals surface area contributed by atoms with E-state index in [-0.39, 0.29) is 0 Å². The van der Waals surface area contributed by atoms with Crippen LogP contribution in [0.15, 0.2) is 105 Å². The number of nitrogens with zero attached hydrogens (tertiary/aromatic N) is 3. The third-order valence-corrected chi connectivity index (χ3v) is 9.28. The third kappa shape index (κ3) is 5.37. The molecule has 1 heterocycles. The minimum atomic E-state index is -1.84. The molecule has 0 radical (unpaired) electrons. The van der Waals surface area contributed by atoms with E-state index in [1.807, 2.05) is 91.0 Å². The van der Waals surface area contributed by atoms with Crippen molar-refractivity contribution in [3.8, 4) is 17.2 Å². The van der Waals surface area contributed by atoms with Crippen molar-refractivity contribution in [2.45, 2.75) is 0 Å². The van der Waals surface area contributed by atoms with Crippen molar-refractivity contribution in [2.24, 2.45) is 13.5 Å². The Bertz CT molecular complexity index is 857. The van der Waals surface area contributed by atoms with Gasteiger partial charge in [0.25, 0.3) is 0 Å². The molecule has 6 nitrogen and oxygen atoms in total. The van der Waals surface area contributed by atoms with Crippen LogP contribution in [0, 0.1) is 0 Å². The normalized spacial score (nSPS) is 21.1. The molecule has 3 aromatic carbocycles. The van der Waals surface area contributed by atoms with Crippen LogP contribution in [0.3, 0.4) is 0 Å². The largest absolute Gasteiger partial charge is 0.443 e. The van der Waals surface area contributed by atoms with E-state index >= 15 is 0 Å². The van der Waals surface area contributed by atoms with Gasteiger partial charge in [-0.15, -0.1) is 0 Å². The van der Waals surface area contributed by atoms with Gasteiger partial charge in [0.2, 0.25) is 24.3 Å². The van der Waals surface area contributed by atoms with Gasteiger partial charge in [0.15, 0.2) is 0 Å². The maximum absolute atomic E-state index is 5.99. The lowest BCUT2D eigenvalue weighted by molar-refractivity contribution is 0.603. The Balaban J connectivity index is 1.60. The van der Waals surface area contributed by atoms with Crippen LogP contribution in [-0.4, -0.2) is 0 Å². The Kier molecular flexibility index (Phi) is 6.11. The molecular weight excluding hydrogens is 399 g/mol. The monoisotopic (exact) mass is 417 g/mol. The first-order chi connectivity index (χ1) is 13.3. The van der Waals surface area contributed by atoms with Crippen molar-refractivity contribution in [2.75, 3.05) is 0 Å². The second-order valence-corrected chi connectivity index (χ2v) is 10.4. The van der Waals surface area contributed by atoms with Gasteiger partial charge in [-0.05, 0) is 36.4 Å². The first-order valence-corrected chi connectivity index (χ1v) is 12.2. The van der Waals surface area contributed by atoms with Gasteiger partial charge in [-0.25, -0.2) is 0 Å². The minimum absolute atomic E-state index is 0.739. The van der Waals surface area contributed by atoms with Gasteiger partial charge in [-0.2, -0.15) is 13.5 Å². The summed E-state index contributed by atoms with van der Waals surface area (Å²) in [6, 6.07) is 28.7. The Morgan fingerprint density at radius 2 is 0.667 bits per heavy atom. The minimum Gasteiger partial charge on any atom is -0.443 e. The van der Waals surface area contributed by atoms with Gasteiger partial charge in [0, 0.05) is 0 Å². The smallest absolute Gasteiger partial charge is 0.244 e. The lowest BCUT2D eigenvalue weighted by Crippen LogP contribution is -1.85. The van der Waals surface area contributed by atoms with Crippen LogP contribution in [0.2, 0.25) is 0 Å². The highest BCUT2D eigenvalue weighted by Gasteiger charge is 2.12. The lowest BCUT2D eigenvalue weighted by Gasteiger charge is -2.16. The van der Waals surface area contributed by atoms with Crippen molar-refractivity contribution < 1.29 is 13.6 Å². The molecule has 0 spiro atoms. The van der Waals surface area contributed by atoms with E-state index < -0.39 is 24.3 Å². The molecule has 9 heteroatoms. The zero-order valence-corrected chi connectivity index (χ0v) is 17.2. The average Bonchev–Trinajstić information content (AvgIpc) is 2.70. The molecule has 138 valence electrons. The molecule has 0 bridgehead atoms. The predicted molar refractivity (Wildman–Crippen MR) is 113 cm³/mol. The van der Waals surface area contributed by atoms with E-state index in [2.05, 4.69) is 13.5 Å². The van der Waals surface area contributed by atoms with E-state index in [0.717, 1.165) is 17.2 Å². The van der Waals surface area contributed by atoms with Crippen LogP contribution >= 0.6 is 24.3 Å². The van der Waals surface area contributed by atoms with Gasteiger partial charge < -0.3 is 13.6 Å². The van der Waals surface area contributed by atoms with Crippen LogP contribution in [0.1, 0.15) is 0 Å². The molecular formula is C18H18N3O3P3. The summed E-state index contributed by atoms with van der Waals surface area (Å²) in [6.07, 6.45) is 0. The summed E-state index contributed by atoms with van der Waals surface area (Å²) in [5, 5.41) is 0. The zero-order valence-electron chi connectivity index (χ0n) is 14.2. The van der Waals surface area contributed by atoms with Gasteiger partial charge in [0.1, 0.15) is 17.2 Å². The second-order valence-electron chi connectivity index (χ2n) is 5.43. The molecule has 0 amide bonds. The molecule has 0 atom stereocenters. The first kappa shape index (κ1) is 18.1. The summed E-state index contributed by atoms with van der Waals surface area (Å²) in [4.78, 5) is 0. The maximum atomic E-state index is 5.99. The number of hydrogen-bond donors (Lipinski definition) is 0. The predicted octanol–water partition coefficient (Wildman–Crippen LogP) is 6.92. The fourth-order valence-electron chi connectivity index (χ4n) is 2.24. The standard InChI is InChI=1S/C18H18N3O3P3/c1-4-10-16(11-5-1)22-25-19-26(23-17-12-6-2-7-13-17)21-27(20-25)24-18-14-8-3-9-15-18/h1-15,25-27H. The molecule has 0 saturated carbocycles. The highest BCUT2D eigenvalue weighted by molar-refractivity contribution is 7.65. The quantitative estimate of drug-likeness (QED) is 0.409. The molecule has 0 fully saturated rings. The molecule has 0 N–H and O–H groups in total. The third-order valence-electron chi connectivity index (χ3n) is 3.43. The SMILES string of the molecule is c1ccc(O[PH]2=N[PH](Oc3ccccc3)=N[PH](Oc3ccccc3)=N2)cc1. The molecule has 1 aliphatic rings. The summed E-state index contributed by atoms with van der Waals surface area (Å²) >= 11 is 0. The number of para-hydroxylation sites is 3. The van der Waals surface area contributed by atoms with E-state index in [1.54, 1.807) is 0 Å². The van der Waals surface area contributed by atoms with E-state index in [0.29, 0.717) is 0 Å². The fourth-order valence-corrected chi connectivity index (χ4v) is 8.29. The lowest BCUT2D eigenvalue weighted by atomic mass is 10.3. The summed E-state index contributed by atoms with van der Waals surface area (Å²) in [5.41, 5.74) is 0. The van der Waals surface area contributed by atoms with Crippen molar-refractivity contribution in [3.05, 3.63) is 91.0 Å². The number of hydrogen-bond acceptors (Lipinski definition) is 6. The van der Waals surface area contributed by atoms with Crippen LogP contribution in [0.25, 0.3) is 0 Å². The summed E-state index contributed by atoms with van der Waals surface area (Å²) in [6.45, 7) is 0. The highest BCUT2D eigenvalue weighted by Crippen LogP contribution is 2.56. The average molecular weight is 417 g/mol. The Morgan fingerprint density at radius 1 is 0.407 bits per heavy atom. The van der Waals surface area contributed by atoms with E-state index in [9.17, 15) is 0 Å². The van der Waals surface area contributed by atoms with Crippen molar-refractivity contribution >= 4 is 24.3 Å². The topological polar surface area (TPSA) is 64.8 Å². The maximum Gasteiger partial charge on any atom is 0.244 e. The van der Waals surface area contributed by atoms with Crippen molar-refractivity contribution in [3.63, 3.8) is 0 Å².